The zero-order valence-electron chi connectivity index (χ0n) is 20.1. The highest BCUT2D eigenvalue weighted by Crippen LogP contribution is 2.33. The van der Waals surface area contributed by atoms with Gasteiger partial charge in [0, 0.05) is 17.0 Å². The van der Waals surface area contributed by atoms with Gasteiger partial charge in [-0.15, -0.1) is 0 Å². The number of hydrogen-bond donors (Lipinski definition) is 0. The summed E-state index contributed by atoms with van der Waals surface area (Å²) >= 11 is 0. The molecule has 0 amide bonds. The predicted molar refractivity (Wildman–Crippen MR) is 129 cm³/mol. The van der Waals surface area contributed by atoms with Crippen LogP contribution in [0.25, 0.3) is 22.3 Å². The van der Waals surface area contributed by atoms with Crippen LogP contribution in [0.5, 0.6) is 0 Å². The summed E-state index contributed by atoms with van der Waals surface area (Å²) in [7, 11) is 0. The molecule has 0 saturated carbocycles. The van der Waals surface area contributed by atoms with Crippen LogP contribution in [-0.2, 0) is 15.9 Å². The molecule has 1 aliphatic rings. The predicted octanol–water partition coefficient (Wildman–Crippen LogP) is 8.18. The number of unbranched alkanes of at least 4 members (excludes halogenated alkanes) is 3. The Hall–Kier alpha value is -2.70. The first-order valence-corrected chi connectivity index (χ1v) is 12.2. The highest BCUT2D eigenvalue weighted by molar-refractivity contribution is 5.71. The summed E-state index contributed by atoms with van der Waals surface area (Å²) < 4.78 is 70.0. The number of hydrogen-bond acceptors (Lipinski definition) is 2. The number of rotatable bonds is 8. The van der Waals surface area contributed by atoms with Crippen LogP contribution >= 0.6 is 0 Å². The molecule has 186 valence electrons. The van der Waals surface area contributed by atoms with Crippen molar-refractivity contribution in [1.29, 1.82) is 0 Å². The first kappa shape index (κ1) is 25.4. The van der Waals surface area contributed by atoms with Gasteiger partial charge in [0.1, 0.15) is 0 Å². The van der Waals surface area contributed by atoms with Crippen molar-refractivity contribution >= 4 is 0 Å². The first-order valence-electron chi connectivity index (χ1n) is 12.2. The zero-order valence-corrected chi connectivity index (χ0v) is 20.1. The molecule has 0 unspecified atom stereocenters. The van der Waals surface area contributed by atoms with Gasteiger partial charge in [-0.1, -0.05) is 74.7 Å². The summed E-state index contributed by atoms with van der Waals surface area (Å²) in [6, 6.07) is 12.6. The summed E-state index contributed by atoms with van der Waals surface area (Å²) in [5.74, 6) is -3.99. The molecule has 0 atom stereocenters. The lowest BCUT2D eigenvalue weighted by Crippen LogP contribution is -2.29. The Bertz CT molecular complexity index is 1150. The van der Waals surface area contributed by atoms with Gasteiger partial charge in [-0.2, -0.15) is 0 Å². The van der Waals surface area contributed by atoms with Crippen molar-refractivity contribution in [3.05, 3.63) is 82.9 Å². The number of aryl methyl sites for hydroxylation is 1. The summed E-state index contributed by atoms with van der Waals surface area (Å²) in [5, 5.41) is 0. The van der Waals surface area contributed by atoms with Crippen molar-refractivity contribution in [3.8, 4) is 22.3 Å². The number of ether oxygens (including phenoxy) is 2. The van der Waals surface area contributed by atoms with Crippen molar-refractivity contribution in [1.82, 2.24) is 0 Å². The van der Waals surface area contributed by atoms with Crippen LogP contribution in [0.15, 0.2) is 48.5 Å². The molecule has 4 rings (SSSR count). The Kier molecular flexibility index (Phi) is 8.24. The van der Waals surface area contributed by atoms with Crippen LogP contribution in [0, 0.1) is 23.3 Å². The Morgan fingerprint density at radius 1 is 0.686 bits per heavy atom. The Balaban J connectivity index is 1.53. The molecule has 0 bridgehead atoms. The smallest absolute Gasteiger partial charge is 0.166 e. The minimum atomic E-state index is -0.960. The number of benzene rings is 3. The van der Waals surface area contributed by atoms with Gasteiger partial charge in [0.05, 0.1) is 13.2 Å². The normalized spacial score (nSPS) is 18.1. The van der Waals surface area contributed by atoms with Crippen molar-refractivity contribution in [2.45, 2.75) is 58.2 Å². The Labute approximate surface area is 203 Å². The van der Waals surface area contributed by atoms with Crippen LogP contribution < -0.4 is 0 Å². The zero-order chi connectivity index (χ0) is 24.9. The van der Waals surface area contributed by atoms with Gasteiger partial charge in [-0.05, 0) is 42.0 Å². The molecule has 0 spiro atoms. The van der Waals surface area contributed by atoms with Crippen LogP contribution in [0.4, 0.5) is 17.6 Å². The van der Waals surface area contributed by atoms with E-state index in [9.17, 15) is 17.6 Å². The Morgan fingerprint density at radius 2 is 1.26 bits per heavy atom. The van der Waals surface area contributed by atoms with Crippen molar-refractivity contribution < 1.29 is 27.0 Å². The third kappa shape index (κ3) is 5.60. The molecule has 1 fully saturated rings. The highest BCUT2D eigenvalue weighted by atomic mass is 19.2. The van der Waals surface area contributed by atoms with E-state index in [0.717, 1.165) is 25.7 Å². The van der Waals surface area contributed by atoms with Crippen LogP contribution in [0.2, 0.25) is 0 Å². The molecule has 0 aliphatic carbocycles. The molecular formula is C29H30F4O2. The van der Waals surface area contributed by atoms with E-state index in [0.29, 0.717) is 23.1 Å². The van der Waals surface area contributed by atoms with Crippen molar-refractivity contribution in [2.24, 2.45) is 0 Å². The highest BCUT2D eigenvalue weighted by Gasteiger charge is 2.26. The van der Waals surface area contributed by atoms with Gasteiger partial charge in [0.15, 0.2) is 29.6 Å². The monoisotopic (exact) mass is 486 g/mol. The molecular weight excluding hydrogens is 456 g/mol. The molecule has 0 radical (unpaired) electrons. The van der Waals surface area contributed by atoms with Crippen LogP contribution in [-0.4, -0.2) is 19.5 Å². The summed E-state index contributed by atoms with van der Waals surface area (Å²) in [6.07, 6.45) is 4.10. The Morgan fingerprint density at radius 3 is 1.86 bits per heavy atom. The molecule has 0 N–H and O–H groups in total. The van der Waals surface area contributed by atoms with E-state index in [1.807, 2.05) is 0 Å². The van der Waals surface area contributed by atoms with Gasteiger partial charge >= 0.3 is 0 Å². The fourth-order valence-electron chi connectivity index (χ4n) is 4.46. The second-order valence-corrected chi connectivity index (χ2v) is 9.05. The maximum absolute atomic E-state index is 14.9. The molecule has 1 saturated heterocycles. The van der Waals surface area contributed by atoms with Gasteiger partial charge < -0.3 is 9.47 Å². The second-order valence-electron chi connectivity index (χ2n) is 9.05. The number of halogens is 4. The van der Waals surface area contributed by atoms with E-state index in [1.54, 1.807) is 49.4 Å². The van der Waals surface area contributed by atoms with Crippen molar-refractivity contribution in [3.63, 3.8) is 0 Å². The first-order chi connectivity index (χ1) is 16.9. The average Bonchev–Trinajstić information content (AvgIpc) is 2.87. The quantitative estimate of drug-likeness (QED) is 0.236. The summed E-state index contributed by atoms with van der Waals surface area (Å²) in [6.45, 7) is 4.36. The van der Waals surface area contributed by atoms with E-state index in [1.165, 1.54) is 6.07 Å². The van der Waals surface area contributed by atoms with E-state index in [4.69, 9.17) is 9.47 Å². The van der Waals surface area contributed by atoms with Gasteiger partial charge in [0.25, 0.3) is 0 Å². The molecule has 1 aliphatic heterocycles. The molecule has 35 heavy (non-hydrogen) atoms. The SMILES string of the molecule is CCCCCCc1ccc(-c2ccc(-c3ccc(C4COC(C)OC4)c(F)c3F)cc2)c(F)c1F. The third-order valence-corrected chi connectivity index (χ3v) is 6.59. The molecule has 3 aromatic rings. The molecule has 6 heteroatoms. The molecule has 1 heterocycles. The maximum atomic E-state index is 14.9. The van der Waals surface area contributed by atoms with Gasteiger partial charge in [-0.3, -0.25) is 0 Å². The standard InChI is InChI=1S/C29H30F4O2/c1-3-4-5-6-7-21-12-13-23(27(31)26(21)30)19-8-10-20(11-9-19)24-14-15-25(29(33)28(24)32)22-16-34-18(2)35-17-22/h8-15,18,22H,3-7,16-17H2,1-2H3. The molecule has 0 aromatic heterocycles. The van der Waals surface area contributed by atoms with E-state index >= 15 is 0 Å². The minimum absolute atomic E-state index is 0.0953. The fourth-order valence-corrected chi connectivity index (χ4v) is 4.46. The summed E-state index contributed by atoms with van der Waals surface area (Å²) in [4.78, 5) is 0. The lowest BCUT2D eigenvalue weighted by molar-refractivity contribution is -0.176. The minimum Gasteiger partial charge on any atom is -0.352 e. The van der Waals surface area contributed by atoms with Gasteiger partial charge in [-0.25, -0.2) is 17.6 Å². The van der Waals surface area contributed by atoms with E-state index in [-0.39, 0.29) is 42.1 Å². The van der Waals surface area contributed by atoms with Gasteiger partial charge in [0.2, 0.25) is 0 Å². The lowest BCUT2D eigenvalue weighted by atomic mass is 9.94. The average molecular weight is 487 g/mol. The topological polar surface area (TPSA) is 18.5 Å². The summed E-state index contributed by atoms with van der Waals surface area (Å²) in [5.41, 5.74) is 1.72. The third-order valence-electron chi connectivity index (χ3n) is 6.59. The fraction of sp³-hybridized carbons (Fsp3) is 0.379. The van der Waals surface area contributed by atoms with E-state index in [2.05, 4.69) is 6.92 Å². The van der Waals surface area contributed by atoms with E-state index < -0.39 is 23.3 Å². The second kappa shape index (κ2) is 11.4. The lowest BCUT2D eigenvalue weighted by Gasteiger charge is -2.28. The molecule has 3 aromatic carbocycles. The van der Waals surface area contributed by atoms with Crippen LogP contribution in [0.3, 0.4) is 0 Å². The van der Waals surface area contributed by atoms with Crippen molar-refractivity contribution in [2.75, 3.05) is 13.2 Å². The maximum Gasteiger partial charge on any atom is 0.166 e. The molecule has 2 nitrogen and oxygen atoms in total. The van der Waals surface area contributed by atoms with Crippen LogP contribution in [0.1, 0.15) is 56.6 Å². The largest absolute Gasteiger partial charge is 0.352 e.